The van der Waals surface area contributed by atoms with Gasteiger partial charge in [0.15, 0.2) is 0 Å². The lowest BCUT2D eigenvalue weighted by atomic mass is 10.1. The van der Waals surface area contributed by atoms with Gasteiger partial charge >= 0.3 is 0 Å². The van der Waals surface area contributed by atoms with Gasteiger partial charge in [-0.25, -0.2) is 0 Å². The molecule has 4 nitrogen and oxygen atoms in total. The zero-order chi connectivity index (χ0) is 29.4. The second-order valence-electron chi connectivity index (χ2n) is 10.1. The van der Waals surface area contributed by atoms with E-state index < -0.39 is 12.1 Å². The zero-order valence-electron chi connectivity index (χ0n) is 25.6. The van der Waals surface area contributed by atoms with Crippen LogP contribution in [0.5, 0.6) is 0 Å². The van der Waals surface area contributed by atoms with E-state index in [2.05, 4.69) is 92.1 Å². The average Bonchev–Trinajstić information content (AvgIpc) is 2.96. The van der Waals surface area contributed by atoms with Crippen molar-refractivity contribution >= 4 is 5.91 Å². The summed E-state index contributed by atoms with van der Waals surface area (Å²) in [6.07, 6.45) is 45.2. The normalized spacial score (nSPS) is 14.4. The Morgan fingerprint density at radius 1 is 0.625 bits per heavy atom. The number of nitrogens with one attached hydrogen (secondary N) is 1. The molecule has 3 N–H and O–H groups in total. The highest BCUT2D eigenvalue weighted by Gasteiger charge is 2.17. The van der Waals surface area contributed by atoms with E-state index in [9.17, 15) is 15.0 Å². The Morgan fingerprint density at radius 3 is 1.62 bits per heavy atom. The van der Waals surface area contributed by atoms with Crippen LogP contribution in [0.3, 0.4) is 0 Å². The molecule has 0 aromatic heterocycles. The minimum absolute atomic E-state index is 0.117. The monoisotopic (exact) mass is 553 g/mol. The molecule has 0 fully saturated rings. The Kier molecular flexibility index (Phi) is 29.2. The first-order valence-corrected chi connectivity index (χ1v) is 15.8. The molecule has 0 saturated carbocycles. The highest BCUT2D eigenvalue weighted by atomic mass is 16.3. The summed E-state index contributed by atoms with van der Waals surface area (Å²) in [5.41, 5.74) is 0. The van der Waals surface area contributed by atoms with Gasteiger partial charge in [-0.15, -0.1) is 0 Å². The second kappa shape index (κ2) is 31.1. The summed E-state index contributed by atoms with van der Waals surface area (Å²) >= 11 is 0. The maximum Gasteiger partial charge on any atom is 0.220 e. The molecule has 0 bridgehead atoms. The van der Waals surface area contributed by atoms with Gasteiger partial charge in [-0.2, -0.15) is 0 Å². The first-order chi connectivity index (χ1) is 19.7. The minimum atomic E-state index is -0.858. The molecule has 0 aromatic rings. The van der Waals surface area contributed by atoms with Crippen LogP contribution in [0, 0.1) is 0 Å². The predicted octanol–water partition coefficient (Wildman–Crippen LogP) is 9.00. The van der Waals surface area contributed by atoms with Crippen LogP contribution in [0.15, 0.2) is 85.1 Å². The molecule has 2 atom stereocenters. The molecule has 226 valence electrons. The summed E-state index contributed by atoms with van der Waals surface area (Å²) in [6, 6.07) is -0.646. The van der Waals surface area contributed by atoms with Gasteiger partial charge in [0.05, 0.1) is 18.8 Å². The van der Waals surface area contributed by atoms with Gasteiger partial charge in [-0.3, -0.25) is 4.79 Å². The number of amides is 1. The van der Waals surface area contributed by atoms with Crippen LogP contribution in [-0.2, 0) is 4.79 Å². The zero-order valence-corrected chi connectivity index (χ0v) is 25.6. The SMILES string of the molecule is CC/C=C\C/C=C\C/C=C\C/C=C\C/C=C\C/C=C\CCCCC(=O)NC(CO)C(O)/C=C/CCCCCCC. The van der Waals surface area contributed by atoms with E-state index >= 15 is 0 Å². The van der Waals surface area contributed by atoms with Crippen molar-refractivity contribution in [3.63, 3.8) is 0 Å². The number of rotatable bonds is 26. The third-order valence-corrected chi connectivity index (χ3v) is 6.38. The smallest absolute Gasteiger partial charge is 0.220 e. The molecule has 0 saturated heterocycles. The number of carbonyl (C=O) groups excluding carboxylic acids is 1. The fraction of sp³-hybridized carbons (Fsp3) is 0.583. The lowest BCUT2D eigenvalue weighted by Gasteiger charge is -2.19. The fourth-order valence-corrected chi connectivity index (χ4v) is 3.94. The molecular formula is C36H59NO3. The molecule has 2 unspecified atom stereocenters. The molecule has 0 rings (SSSR count). The van der Waals surface area contributed by atoms with Gasteiger partial charge < -0.3 is 15.5 Å². The number of unbranched alkanes of at least 4 members (excludes halogenated alkanes) is 7. The molecule has 4 heteroatoms. The maximum atomic E-state index is 12.2. The molecular weight excluding hydrogens is 494 g/mol. The van der Waals surface area contributed by atoms with Crippen LogP contribution < -0.4 is 5.32 Å². The van der Waals surface area contributed by atoms with Gasteiger partial charge in [-0.1, -0.05) is 125 Å². The van der Waals surface area contributed by atoms with Crippen LogP contribution in [0.1, 0.15) is 117 Å². The number of aliphatic hydroxyl groups excluding tert-OH is 2. The molecule has 0 aromatic carbocycles. The number of allylic oxidation sites excluding steroid dienone is 13. The van der Waals surface area contributed by atoms with Crippen molar-refractivity contribution in [1.82, 2.24) is 5.32 Å². The van der Waals surface area contributed by atoms with Gasteiger partial charge in [0.2, 0.25) is 5.91 Å². The van der Waals surface area contributed by atoms with E-state index in [0.717, 1.165) is 70.6 Å². The van der Waals surface area contributed by atoms with Crippen molar-refractivity contribution in [2.75, 3.05) is 6.61 Å². The molecule has 0 aliphatic rings. The van der Waals surface area contributed by atoms with Crippen molar-refractivity contribution in [2.45, 2.75) is 129 Å². The molecule has 1 amide bonds. The van der Waals surface area contributed by atoms with Crippen molar-refractivity contribution in [3.8, 4) is 0 Å². The molecule has 0 heterocycles. The quantitative estimate of drug-likeness (QED) is 0.0739. The number of carbonyl (C=O) groups is 1. The van der Waals surface area contributed by atoms with Crippen LogP contribution in [0.2, 0.25) is 0 Å². The van der Waals surface area contributed by atoms with Gasteiger partial charge in [0.1, 0.15) is 0 Å². The number of hydrogen-bond acceptors (Lipinski definition) is 3. The topological polar surface area (TPSA) is 69.6 Å². The highest BCUT2D eigenvalue weighted by molar-refractivity contribution is 5.76. The third kappa shape index (κ3) is 27.1. The van der Waals surface area contributed by atoms with Gasteiger partial charge in [0, 0.05) is 6.42 Å². The average molecular weight is 554 g/mol. The molecule has 0 aliphatic carbocycles. The van der Waals surface area contributed by atoms with E-state index in [1.165, 1.54) is 25.7 Å². The summed E-state index contributed by atoms with van der Waals surface area (Å²) in [5.74, 6) is -0.117. The Morgan fingerprint density at radius 2 is 1.10 bits per heavy atom. The van der Waals surface area contributed by atoms with E-state index in [1.807, 2.05) is 6.08 Å². The Labute approximate surface area is 246 Å². The summed E-state index contributed by atoms with van der Waals surface area (Å²) in [6.45, 7) is 4.08. The summed E-state index contributed by atoms with van der Waals surface area (Å²) in [4.78, 5) is 12.2. The maximum absolute atomic E-state index is 12.2. The lowest BCUT2D eigenvalue weighted by molar-refractivity contribution is -0.123. The predicted molar refractivity (Wildman–Crippen MR) is 174 cm³/mol. The number of aliphatic hydroxyl groups is 2. The van der Waals surface area contributed by atoms with Crippen LogP contribution in [-0.4, -0.2) is 34.9 Å². The lowest BCUT2D eigenvalue weighted by Crippen LogP contribution is -2.45. The van der Waals surface area contributed by atoms with Crippen molar-refractivity contribution < 1.29 is 15.0 Å². The molecule has 0 aliphatic heterocycles. The fourth-order valence-electron chi connectivity index (χ4n) is 3.94. The Balaban J connectivity index is 3.81. The van der Waals surface area contributed by atoms with E-state index in [-0.39, 0.29) is 12.5 Å². The van der Waals surface area contributed by atoms with Crippen molar-refractivity contribution in [1.29, 1.82) is 0 Å². The summed E-state index contributed by atoms with van der Waals surface area (Å²) in [7, 11) is 0. The Hall–Kier alpha value is -2.43. The van der Waals surface area contributed by atoms with E-state index in [1.54, 1.807) is 6.08 Å². The van der Waals surface area contributed by atoms with E-state index in [0.29, 0.717) is 6.42 Å². The van der Waals surface area contributed by atoms with Gasteiger partial charge in [-0.05, 0) is 70.6 Å². The van der Waals surface area contributed by atoms with Crippen molar-refractivity contribution in [2.24, 2.45) is 0 Å². The number of hydrogen-bond donors (Lipinski definition) is 3. The summed E-state index contributed by atoms with van der Waals surface area (Å²) in [5, 5.41) is 22.6. The second-order valence-corrected chi connectivity index (χ2v) is 10.1. The highest BCUT2D eigenvalue weighted by Crippen LogP contribution is 2.07. The van der Waals surface area contributed by atoms with Crippen molar-refractivity contribution in [3.05, 3.63) is 85.1 Å². The molecule has 40 heavy (non-hydrogen) atoms. The minimum Gasteiger partial charge on any atom is -0.394 e. The van der Waals surface area contributed by atoms with Crippen LogP contribution >= 0.6 is 0 Å². The Bertz CT molecular complexity index is 773. The van der Waals surface area contributed by atoms with Crippen LogP contribution in [0.25, 0.3) is 0 Å². The molecule has 0 radical (unpaired) electrons. The largest absolute Gasteiger partial charge is 0.394 e. The van der Waals surface area contributed by atoms with Gasteiger partial charge in [0.25, 0.3) is 0 Å². The molecule has 0 spiro atoms. The third-order valence-electron chi connectivity index (χ3n) is 6.38. The standard InChI is InChI=1S/C36H59NO3/c1-3-5-7-9-11-12-13-14-15-16-17-18-19-20-21-22-23-24-26-28-30-32-36(40)37-34(33-38)35(39)31-29-27-25-10-8-6-4-2/h5,7,11-12,14-15,17-18,20-21,23-24,29,31,34-35,38-39H,3-4,6,8-10,13,16,19,22,25-28,30,32-33H2,1-2H3,(H,37,40)/b7-5-,12-11-,15-14-,18-17-,21-20-,24-23-,31-29+. The summed E-state index contributed by atoms with van der Waals surface area (Å²) < 4.78 is 0. The first kappa shape index (κ1) is 37.6. The first-order valence-electron chi connectivity index (χ1n) is 15.8. The van der Waals surface area contributed by atoms with Crippen LogP contribution in [0.4, 0.5) is 0 Å². The van der Waals surface area contributed by atoms with E-state index in [4.69, 9.17) is 0 Å².